The molecule has 0 aliphatic heterocycles. The molecular weight excluding hydrogens is 359 g/mol. The van der Waals surface area contributed by atoms with Crippen LogP contribution in [0.3, 0.4) is 0 Å². The predicted octanol–water partition coefficient (Wildman–Crippen LogP) is 3.44. The zero-order valence-electron chi connectivity index (χ0n) is 13.0. The molecule has 6 nitrogen and oxygen atoms in total. The monoisotopic (exact) mass is 373 g/mol. The highest BCUT2D eigenvalue weighted by atomic mass is 32.1. The highest BCUT2D eigenvalue weighted by Gasteiger charge is 2.12. The molecule has 25 heavy (non-hydrogen) atoms. The number of carbonyl (C=O) groups excluding carboxylic acids is 1. The predicted molar refractivity (Wildman–Crippen MR) is 86.7 cm³/mol. The molecule has 1 heterocycles. The molecule has 0 radical (unpaired) electrons. The molecular formula is C15H14F3N3O3S. The van der Waals surface area contributed by atoms with Gasteiger partial charge < -0.3 is 9.47 Å². The Bertz CT molecular complexity index is 753. The van der Waals surface area contributed by atoms with Crippen molar-refractivity contribution in [1.29, 1.82) is 0 Å². The van der Waals surface area contributed by atoms with Crippen LogP contribution in [-0.4, -0.2) is 30.4 Å². The van der Waals surface area contributed by atoms with E-state index in [2.05, 4.69) is 20.2 Å². The molecule has 10 heteroatoms. The summed E-state index contributed by atoms with van der Waals surface area (Å²) in [5.74, 6) is -1.90. The number of aromatic nitrogens is 1. The molecule has 0 aliphatic carbocycles. The molecule has 0 fully saturated rings. The van der Waals surface area contributed by atoms with Crippen LogP contribution in [0.15, 0.2) is 28.7 Å². The second kappa shape index (κ2) is 9.02. The Morgan fingerprint density at radius 2 is 2.28 bits per heavy atom. The lowest BCUT2D eigenvalue weighted by Crippen LogP contribution is -2.07. The van der Waals surface area contributed by atoms with Crippen LogP contribution in [0.1, 0.15) is 18.2 Å². The van der Waals surface area contributed by atoms with Gasteiger partial charge in [-0.3, -0.25) is 10.2 Å². The number of hydrazone groups is 1. The van der Waals surface area contributed by atoms with E-state index in [1.165, 1.54) is 23.5 Å². The molecule has 0 saturated carbocycles. The summed E-state index contributed by atoms with van der Waals surface area (Å²) < 4.78 is 47.2. The van der Waals surface area contributed by atoms with Crippen molar-refractivity contribution in [3.8, 4) is 5.75 Å². The molecule has 1 aromatic carbocycles. The first-order chi connectivity index (χ1) is 12.0. The third kappa shape index (κ3) is 5.75. The van der Waals surface area contributed by atoms with Crippen molar-refractivity contribution in [1.82, 2.24) is 4.98 Å². The molecule has 134 valence electrons. The number of hydrogen-bond donors (Lipinski definition) is 1. The molecule has 2 rings (SSSR count). The van der Waals surface area contributed by atoms with Gasteiger partial charge in [0.25, 0.3) is 0 Å². The summed E-state index contributed by atoms with van der Waals surface area (Å²) in [6.07, 6.45) is 1.15. The SMILES string of the molecule is CCOC(=O)Cc1csc(NN=Cc2cccc(OC(F)F)c2F)n1. The summed E-state index contributed by atoms with van der Waals surface area (Å²) in [6.45, 7) is -1.12. The molecule has 0 atom stereocenters. The lowest BCUT2D eigenvalue weighted by atomic mass is 10.2. The number of halogens is 3. The quantitative estimate of drug-likeness (QED) is 0.436. The lowest BCUT2D eigenvalue weighted by molar-refractivity contribution is -0.142. The maximum absolute atomic E-state index is 13.9. The molecule has 1 N–H and O–H groups in total. The number of rotatable bonds is 8. The number of ether oxygens (including phenoxy) is 2. The minimum Gasteiger partial charge on any atom is -0.466 e. The zero-order valence-corrected chi connectivity index (χ0v) is 13.9. The zero-order chi connectivity index (χ0) is 18.2. The van der Waals surface area contributed by atoms with E-state index < -0.39 is 18.2 Å². The average molecular weight is 373 g/mol. The van der Waals surface area contributed by atoms with E-state index in [1.54, 1.807) is 12.3 Å². The fraction of sp³-hybridized carbons (Fsp3) is 0.267. The normalized spacial score (nSPS) is 11.1. The van der Waals surface area contributed by atoms with Gasteiger partial charge in [-0.05, 0) is 13.0 Å². The number of hydrogen-bond acceptors (Lipinski definition) is 7. The summed E-state index contributed by atoms with van der Waals surface area (Å²) in [7, 11) is 0. The van der Waals surface area contributed by atoms with Gasteiger partial charge in [-0.1, -0.05) is 12.1 Å². The molecule has 0 unspecified atom stereocenters. The molecule has 1 aromatic heterocycles. The second-order valence-corrected chi connectivity index (χ2v) is 5.39. The Labute approximate surface area is 145 Å². The Morgan fingerprint density at radius 3 is 3.00 bits per heavy atom. The third-order valence-corrected chi connectivity index (χ3v) is 3.55. The van der Waals surface area contributed by atoms with Crippen LogP contribution in [-0.2, 0) is 16.0 Å². The Kier molecular flexibility index (Phi) is 6.75. The Hall–Kier alpha value is -2.62. The van der Waals surface area contributed by atoms with Crippen LogP contribution in [0.4, 0.5) is 18.3 Å². The first kappa shape index (κ1) is 18.7. The number of nitrogens with zero attached hydrogens (tertiary/aromatic N) is 2. The molecule has 0 amide bonds. The van der Waals surface area contributed by atoms with E-state index >= 15 is 0 Å². The van der Waals surface area contributed by atoms with Crippen LogP contribution in [0.5, 0.6) is 5.75 Å². The number of nitrogens with one attached hydrogen (secondary N) is 1. The van der Waals surface area contributed by atoms with Crippen molar-refractivity contribution in [3.63, 3.8) is 0 Å². The second-order valence-electron chi connectivity index (χ2n) is 4.53. The Morgan fingerprint density at radius 1 is 1.48 bits per heavy atom. The molecule has 0 aliphatic rings. The molecule has 0 bridgehead atoms. The maximum Gasteiger partial charge on any atom is 0.387 e. The molecule has 2 aromatic rings. The van der Waals surface area contributed by atoms with Gasteiger partial charge in [0, 0.05) is 10.9 Å². The van der Waals surface area contributed by atoms with E-state index in [-0.39, 0.29) is 24.6 Å². The van der Waals surface area contributed by atoms with Crippen molar-refractivity contribution < 1.29 is 27.4 Å². The highest BCUT2D eigenvalue weighted by Crippen LogP contribution is 2.21. The number of anilines is 1. The summed E-state index contributed by atoms with van der Waals surface area (Å²) in [5.41, 5.74) is 3.06. The fourth-order valence-electron chi connectivity index (χ4n) is 1.77. The smallest absolute Gasteiger partial charge is 0.387 e. The van der Waals surface area contributed by atoms with Crippen molar-refractivity contribution in [3.05, 3.63) is 40.7 Å². The number of benzene rings is 1. The number of carbonyl (C=O) groups is 1. The van der Waals surface area contributed by atoms with Gasteiger partial charge >= 0.3 is 12.6 Å². The van der Waals surface area contributed by atoms with Gasteiger partial charge in [0.15, 0.2) is 11.6 Å². The van der Waals surface area contributed by atoms with Crippen LogP contribution in [0.2, 0.25) is 0 Å². The summed E-state index contributed by atoms with van der Waals surface area (Å²) in [6, 6.07) is 3.81. The van der Waals surface area contributed by atoms with Crippen molar-refractivity contribution in [2.75, 3.05) is 12.0 Å². The van der Waals surface area contributed by atoms with Crippen molar-refractivity contribution >= 4 is 28.7 Å². The van der Waals surface area contributed by atoms with Crippen molar-refractivity contribution in [2.45, 2.75) is 20.0 Å². The van der Waals surface area contributed by atoms with Gasteiger partial charge in [0.2, 0.25) is 5.13 Å². The van der Waals surface area contributed by atoms with Gasteiger partial charge in [0.1, 0.15) is 0 Å². The van der Waals surface area contributed by atoms with E-state index in [0.29, 0.717) is 10.8 Å². The number of thiazole rings is 1. The van der Waals surface area contributed by atoms with Crippen LogP contribution < -0.4 is 10.2 Å². The van der Waals surface area contributed by atoms with E-state index in [4.69, 9.17) is 4.74 Å². The number of esters is 1. The summed E-state index contributed by atoms with van der Waals surface area (Å²) in [5, 5.41) is 5.84. The summed E-state index contributed by atoms with van der Waals surface area (Å²) >= 11 is 1.20. The molecule has 0 saturated heterocycles. The van der Waals surface area contributed by atoms with E-state index in [1.807, 2.05) is 0 Å². The van der Waals surface area contributed by atoms with Gasteiger partial charge in [0.05, 0.1) is 24.9 Å². The number of alkyl halides is 2. The Balaban J connectivity index is 1.97. The van der Waals surface area contributed by atoms with Gasteiger partial charge in [-0.15, -0.1) is 11.3 Å². The molecule has 0 spiro atoms. The fourth-order valence-corrected chi connectivity index (χ4v) is 2.43. The largest absolute Gasteiger partial charge is 0.466 e. The first-order valence-corrected chi connectivity index (χ1v) is 8.00. The average Bonchev–Trinajstić information content (AvgIpc) is 2.98. The van der Waals surface area contributed by atoms with E-state index in [0.717, 1.165) is 12.3 Å². The van der Waals surface area contributed by atoms with Crippen LogP contribution in [0.25, 0.3) is 0 Å². The van der Waals surface area contributed by atoms with Gasteiger partial charge in [-0.25, -0.2) is 9.37 Å². The van der Waals surface area contributed by atoms with E-state index in [9.17, 15) is 18.0 Å². The van der Waals surface area contributed by atoms with Crippen LogP contribution in [0, 0.1) is 5.82 Å². The minimum atomic E-state index is -3.12. The summed E-state index contributed by atoms with van der Waals surface area (Å²) in [4.78, 5) is 15.5. The van der Waals surface area contributed by atoms with Crippen molar-refractivity contribution in [2.24, 2.45) is 5.10 Å². The van der Waals surface area contributed by atoms with Crippen LogP contribution >= 0.6 is 11.3 Å². The third-order valence-electron chi connectivity index (χ3n) is 2.76. The maximum atomic E-state index is 13.9. The topological polar surface area (TPSA) is 72.8 Å². The standard InChI is InChI=1S/C15H14F3N3O3S/c1-2-23-12(22)6-10-8-25-15(20-10)21-19-7-9-4-3-5-11(13(9)16)24-14(17)18/h3-5,7-8,14H,2,6H2,1H3,(H,20,21). The minimum absolute atomic E-state index is 0.0334. The lowest BCUT2D eigenvalue weighted by Gasteiger charge is -2.06. The van der Waals surface area contributed by atoms with Gasteiger partial charge in [-0.2, -0.15) is 13.9 Å². The first-order valence-electron chi connectivity index (χ1n) is 7.12. The highest BCUT2D eigenvalue weighted by molar-refractivity contribution is 7.13.